The van der Waals surface area contributed by atoms with E-state index in [0.29, 0.717) is 30.9 Å². The van der Waals surface area contributed by atoms with Crippen LogP contribution in [0, 0.1) is 24.7 Å². The molecule has 0 atom stereocenters. The molecule has 0 saturated carbocycles. The van der Waals surface area contributed by atoms with Gasteiger partial charge >= 0.3 is 0 Å². The quantitative estimate of drug-likeness (QED) is 0.346. The van der Waals surface area contributed by atoms with Crippen LogP contribution in [0.1, 0.15) is 81.5 Å². The smallest absolute Gasteiger partial charge is 0.175 e. The fraction of sp³-hybridized carbons (Fsp3) is 0.471. The Labute approximate surface area is 246 Å². The Balaban J connectivity index is 1.62. The second-order valence-electron chi connectivity index (χ2n) is 13.4. The molecule has 0 N–H and O–H groups in total. The Kier molecular flexibility index (Phi) is 7.31. The van der Waals surface area contributed by atoms with Gasteiger partial charge in [0.1, 0.15) is 6.61 Å². The highest BCUT2D eigenvalue weighted by Gasteiger charge is 2.48. The molecule has 3 aliphatic rings. The molecule has 0 fully saturated rings. The van der Waals surface area contributed by atoms with Gasteiger partial charge in [-0.1, -0.05) is 57.0 Å². The van der Waals surface area contributed by atoms with Crippen LogP contribution in [0.4, 0.5) is 0 Å². The van der Waals surface area contributed by atoms with Crippen LogP contribution in [0.2, 0.25) is 0 Å². The zero-order valence-electron chi connectivity index (χ0n) is 25.0. The molecule has 212 valence electrons. The maximum atomic E-state index is 13.8. The summed E-state index contributed by atoms with van der Waals surface area (Å²) in [7, 11) is 3.66. The second kappa shape index (κ2) is 10.2. The number of aryl methyl sites for hydroxylation is 2. The molecule has 2 aromatic rings. The van der Waals surface area contributed by atoms with Crippen LogP contribution in [0.3, 0.4) is 0 Å². The van der Waals surface area contributed by atoms with Gasteiger partial charge in [0.05, 0.1) is 11.6 Å². The maximum Gasteiger partial charge on any atom is 0.175 e. The summed E-state index contributed by atoms with van der Waals surface area (Å²) in [5.74, 6) is 1.00. The maximum absolute atomic E-state index is 13.8. The molecule has 0 bridgehead atoms. The van der Waals surface area contributed by atoms with Gasteiger partial charge in [-0.05, 0) is 76.7 Å². The van der Waals surface area contributed by atoms with Gasteiger partial charge in [-0.15, -0.1) is 0 Å². The SMILES string of the molecule is COc1cc(C2C3=C(CC(C)(C)CC3=O)N(C)C3=C2C(=O)CC(C)(C)C3)cc(Br)c1OCc1cc(C)cc(C)c1. The lowest BCUT2D eigenvalue weighted by molar-refractivity contribution is -0.119. The molecule has 0 saturated heterocycles. The highest BCUT2D eigenvalue weighted by atomic mass is 79.9. The molecule has 0 unspecified atom stereocenters. The van der Waals surface area contributed by atoms with Crippen LogP contribution < -0.4 is 9.47 Å². The number of ether oxygens (including phenoxy) is 2. The average Bonchev–Trinajstić information content (AvgIpc) is 2.82. The van der Waals surface area contributed by atoms with E-state index in [-0.39, 0.29) is 22.4 Å². The number of allylic oxidation sites excluding steroid dienone is 4. The molecule has 5 nitrogen and oxygen atoms in total. The third-order valence-electron chi connectivity index (χ3n) is 8.43. The lowest BCUT2D eigenvalue weighted by Gasteiger charge is -2.48. The van der Waals surface area contributed by atoms with Crippen LogP contribution in [0.25, 0.3) is 0 Å². The summed E-state index contributed by atoms with van der Waals surface area (Å²) in [5.41, 5.74) is 7.67. The number of nitrogens with zero attached hydrogens (tertiary/aromatic N) is 1. The highest BCUT2D eigenvalue weighted by Crippen LogP contribution is 2.55. The van der Waals surface area contributed by atoms with E-state index in [1.54, 1.807) is 7.11 Å². The molecular weight excluding hydrogens is 566 g/mol. The zero-order valence-corrected chi connectivity index (χ0v) is 26.5. The summed E-state index contributed by atoms with van der Waals surface area (Å²) in [6.45, 7) is 13.2. The number of hydrogen-bond donors (Lipinski definition) is 0. The lowest BCUT2D eigenvalue weighted by atomic mass is 9.64. The van der Waals surface area contributed by atoms with Crippen molar-refractivity contribution in [1.29, 1.82) is 0 Å². The van der Waals surface area contributed by atoms with E-state index < -0.39 is 5.92 Å². The van der Waals surface area contributed by atoms with Gasteiger partial charge in [0.25, 0.3) is 0 Å². The summed E-state index contributed by atoms with van der Waals surface area (Å²) in [4.78, 5) is 29.8. The number of carbonyl (C=O) groups is 2. The van der Waals surface area contributed by atoms with Gasteiger partial charge in [0.15, 0.2) is 23.1 Å². The standard InChI is InChI=1S/C34H40BrNO4/c1-19-9-20(2)11-21(10-19)18-40-32-23(35)12-22(13-28(32)39-8)29-30-24(14-33(3,4)16-26(30)37)36(7)25-15-34(5,6)17-27(38)31(25)29/h9-13,29H,14-18H2,1-8H3. The Morgan fingerprint density at radius 3 is 1.88 bits per heavy atom. The first kappa shape index (κ1) is 28.7. The van der Waals surface area contributed by atoms with Crippen molar-refractivity contribution in [2.75, 3.05) is 14.2 Å². The zero-order chi connectivity index (χ0) is 29.1. The average molecular weight is 607 g/mol. The fourth-order valence-corrected chi connectivity index (χ4v) is 7.43. The lowest BCUT2D eigenvalue weighted by Crippen LogP contribution is -2.43. The van der Waals surface area contributed by atoms with Crippen molar-refractivity contribution in [2.45, 2.75) is 79.8 Å². The van der Waals surface area contributed by atoms with Crippen molar-refractivity contribution in [3.8, 4) is 11.5 Å². The molecule has 6 heteroatoms. The summed E-state index contributed by atoms with van der Waals surface area (Å²) >= 11 is 3.74. The van der Waals surface area contributed by atoms with Crippen LogP contribution in [-0.2, 0) is 16.2 Å². The Hall–Kier alpha value is -2.86. The molecule has 1 heterocycles. The molecule has 0 radical (unpaired) electrons. The van der Waals surface area contributed by atoms with E-state index >= 15 is 0 Å². The number of carbonyl (C=O) groups excluding carboxylic acids is 2. The summed E-state index contributed by atoms with van der Waals surface area (Å²) in [5, 5.41) is 0. The van der Waals surface area contributed by atoms with Crippen molar-refractivity contribution < 1.29 is 19.1 Å². The summed E-state index contributed by atoms with van der Waals surface area (Å²) < 4.78 is 12.9. The molecule has 0 amide bonds. The second-order valence-corrected chi connectivity index (χ2v) is 14.3. The van der Waals surface area contributed by atoms with Crippen molar-refractivity contribution in [3.63, 3.8) is 0 Å². The van der Waals surface area contributed by atoms with Crippen LogP contribution in [0.5, 0.6) is 11.5 Å². The predicted octanol–water partition coefficient (Wildman–Crippen LogP) is 7.97. The predicted molar refractivity (Wildman–Crippen MR) is 162 cm³/mol. The molecular formula is C34H40BrNO4. The van der Waals surface area contributed by atoms with Crippen molar-refractivity contribution in [2.24, 2.45) is 10.8 Å². The number of hydrogen-bond acceptors (Lipinski definition) is 5. The minimum Gasteiger partial charge on any atom is -0.493 e. The van der Waals surface area contributed by atoms with E-state index in [2.05, 4.69) is 80.6 Å². The molecule has 0 aromatic heterocycles. The van der Waals surface area contributed by atoms with Gasteiger partial charge < -0.3 is 14.4 Å². The van der Waals surface area contributed by atoms with E-state index in [1.165, 1.54) is 11.1 Å². The highest BCUT2D eigenvalue weighted by molar-refractivity contribution is 9.10. The number of halogens is 1. The van der Waals surface area contributed by atoms with Gasteiger partial charge in [-0.25, -0.2) is 0 Å². The van der Waals surface area contributed by atoms with E-state index in [4.69, 9.17) is 9.47 Å². The molecule has 2 aromatic carbocycles. The normalized spacial score (nSPS) is 20.5. The topological polar surface area (TPSA) is 55.8 Å². The number of Topliss-reactive ketones (excluding diaryl/α,β-unsaturated/α-hetero) is 2. The third kappa shape index (κ3) is 5.27. The Morgan fingerprint density at radius 1 is 0.850 bits per heavy atom. The molecule has 0 spiro atoms. The first-order valence-electron chi connectivity index (χ1n) is 14.0. The monoisotopic (exact) mass is 605 g/mol. The summed E-state index contributed by atoms with van der Waals surface area (Å²) in [6.07, 6.45) is 2.52. The Bertz CT molecular complexity index is 1400. The van der Waals surface area contributed by atoms with E-state index in [0.717, 1.165) is 51.0 Å². The van der Waals surface area contributed by atoms with Gasteiger partial charge in [-0.3, -0.25) is 9.59 Å². The van der Waals surface area contributed by atoms with E-state index in [9.17, 15) is 9.59 Å². The van der Waals surface area contributed by atoms with Crippen LogP contribution in [0.15, 0.2) is 57.3 Å². The van der Waals surface area contributed by atoms with Crippen molar-refractivity contribution >= 4 is 27.5 Å². The molecule has 1 aliphatic heterocycles. The van der Waals surface area contributed by atoms with E-state index in [1.807, 2.05) is 19.2 Å². The largest absolute Gasteiger partial charge is 0.493 e. The minimum absolute atomic E-state index is 0.123. The third-order valence-corrected chi connectivity index (χ3v) is 9.02. The van der Waals surface area contributed by atoms with Gasteiger partial charge in [-0.2, -0.15) is 0 Å². The van der Waals surface area contributed by atoms with Gasteiger partial charge in [0.2, 0.25) is 0 Å². The van der Waals surface area contributed by atoms with Crippen molar-refractivity contribution in [1.82, 2.24) is 4.90 Å². The number of ketones is 2. The number of rotatable bonds is 5. The molecule has 5 rings (SSSR count). The first-order chi connectivity index (χ1) is 18.7. The fourth-order valence-electron chi connectivity index (χ4n) is 6.85. The Morgan fingerprint density at radius 2 is 1.38 bits per heavy atom. The first-order valence-corrected chi connectivity index (χ1v) is 14.8. The molecule has 2 aliphatic carbocycles. The summed E-state index contributed by atoms with van der Waals surface area (Å²) in [6, 6.07) is 10.3. The van der Waals surface area contributed by atoms with Crippen molar-refractivity contribution in [3.05, 3.63) is 79.6 Å². The molecule has 40 heavy (non-hydrogen) atoms. The van der Waals surface area contributed by atoms with Gasteiger partial charge in [0, 0.05) is 48.3 Å². The number of benzene rings is 2. The minimum atomic E-state index is -0.424. The number of methoxy groups -OCH3 is 1. The van der Waals surface area contributed by atoms with Crippen LogP contribution >= 0.6 is 15.9 Å². The van der Waals surface area contributed by atoms with Crippen LogP contribution in [-0.4, -0.2) is 30.6 Å².